The Morgan fingerprint density at radius 2 is 1.82 bits per heavy atom. The topological polar surface area (TPSA) is 66.9 Å². The first-order valence-corrected chi connectivity index (χ1v) is 11.5. The van der Waals surface area contributed by atoms with Crippen molar-refractivity contribution < 1.29 is 17.6 Å². The lowest BCUT2D eigenvalue weighted by molar-refractivity contribution is -0.201. The van der Waals surface area contributed by atoms with Gasteiger partial charge in [-0.3, -0.25) is 14.4 Å². The quantitative estimate of drug-likeness (QED) is 0.265. The molecule has 3 aromatic rings. The van der Waals surface area contributed by atoms with Crippen molar-refractivity contribution in [3.63, 3.8) is 0 Å². The van der Waals surface area contributed by atoms with E-state index in [0.717, 1.165) is 16.2 Å². The number of halogens is 4. The molecule has 10 heteroatoms. The van der Waals surface area contributed by atoms with Crippen molar-refractivity contribution in [3.8, 4) is 17.6 Å². The van der Waals surface area contributed by atoms with Gasteiger partial charge in [0.2, 0.25) is 0 Å². The van der Waals surface area contributed by atoms with Gasteiger partial charge in [-0.25, -0.2) is 13.8 Å². The number of alkyl halides is 4. The zero-order valence-electron chi connectivity index (χ0n) is 18.9. The number of hydrogen-bond donors (Lipinski definition) is 0. The number of imidazole rings is 1. The molecule has 3 aromatic heterocycles. The van der Waals surface area contributed by atoms with Gasteiger partial charge in [0.15, 0.2) is 5.82 Å². The highest BCUT2D eigenvalue weighted by Gasteiger charge is 2.51. The van der Waals surface area contributed by atoms with Crippen LogP contribution in [-0.4, -0.2) is 37.0 Å². The van der Waals surface area contributed by atoms with Gasteiger partial charge in [0, 0.05) is 36.8 Å². The Morgan fingerprint density at radius 3 is 2.45 bits per heavy atom. The minimum Gasteiger partial charge on any atom is -0.295 e. The van der Waals surface area contributed by atoms with Crippen LogP contribution in [0.5, 0.6) is 0 Å². The van der Waals surface area contributed by atoms with Gasteiger partial charge in [-0.1, -0.05) is 6.92 Å². The highest BCUT2D eigenvalue weighted by Crippen LogP contribution is 2.38. The number of hydrogen-bond acceptors (Lipinski definition) is 5. The minimum absolute atomic E-state index is 0.112. The largest absolute Gasteiger partial charge is 0.309 e. The Balaban J connectivity index is 1.95. The summed E-state index contributed by atoms with van der Waals surface area (Å²) in [6.07, 6.45) is 5.51. The molecule has 0 saturated carbocycles. The molecule has 0 spiro atoms. The predicted octanol–water partition coefficient (Wildman–Crippen LogP) is 6.32. The van der Waals surface area contributed by atoms with E-state index in [4.69, 9.17) is 0 Å². The second-order valence-corrected chi connectivity index (χ2v) is 9.70. The number of nitriles is 1. The maximum Gasteiger partial charge on any atom is 0.309 e. The van der Waals surface area contributed by atoms with Gasteiger partial charge in [0.1, 0.15) is 5.69 Å². The average molecular weight is 480 g/mol. The van der Waals surface area contributed by atoms with E-state index in [0.29, 0.717) is 22.7 Å². The number of thioether (sulfide) groups is 1. The van der Waals surface area contributed by atoms with Crippen LogP contribution in [0.25, 0.3) is 17.0 Å². The highest BCUT2D eigenvalue weighted by atomic mass is 32.2. The molecule has 0 atom stereocenters. The second kappa shape index (κ2) is 9.29. The molecule has 3 heterocycles. The maximum atomic E-state index is 13.6. The van der Waals surface area contributed by atoms with Gasteiger partial charge < -0.3 is 0 Å². The van der Waals surface area contributed by atoms with Crippen molar-refractivity contribution in [2.24, 2.45) is 0 Å². The summed E-state index contributed by atoms with van der Waals surface area (Å²) in [5.41, 5.74) is 1.83. The molecule has 0 saturated heterocycles. The summed E-state index contributed by atoms with van der Waals surface area (Å²) in [5.74, 6) is -6.80. The molecular weight excluding hydrogens is 454 g/mol. The monoisotopic (exact) mass is 479 g/mol. The van der Waals surface area contributed by atoms with Gasteiger partial charge in [-0.15, -0.1) is 11.8 Å². The third-order valence-electron chi connectivity index (χ3n) is 5.45. The van der Waals surface area contributed by atoms with Crippen LogP contribution in [0.4, 0.5) is 17.6 Å². The average Bonchev–Trinajstić information content (AvgIpc) is 3.18. The van der Waals surface area contributed by atoms with Gasteiger partial charge >= 0.3 is 11.8 Å². The normalized spacial score (nSPS) is 12.8. The van der Waals surface area contributed by atoms with E-state index in [9.17, 15) is 22.8 Å². The van der Waals surface area contributed by atoms with E-state index in [1.807, 2.05) is 26.8 Å². The molecule has 0 aliphatic rings. The van der Waals surface area contributed by atoms with E-state index < -0.39 is 23.7 Å². The van der Waals surface area contributed by atoms with Crippen LogP contribution in [0.1, 0.15) is 51.8 Å². The molecule has 5 nitrogen and oxygen atoms in total. The lowest BCUT2D eigenvalue weighted by Gasteiger charge is -2.22. The molecule has 0 fully saturated rings. The SMILES string of the molecule is CCSc1cc(C(C)(C)C#N)cnc1-c1ncc2c(CCCC(F)(F)C(C)(F)F)nccn12. The molecule has 0 radical (unpaired) electrons. The van der Waals surface area contributed by atoms with E-state index in [-0.39, 0.29) is 19.8 Å². The van der Waals surface area contributed by atoms with Crippen molar-refractivity contribution in [2.45, 2.75) is 69.1 Å². The summed E-state index contributed by atoms with van der Waals surface area (Å²) in [7, 11) is 0. The Labute approximate surface area is 194 Å². The lowest BCUT2D eigenvalue weighted by atomic mass is 9.87. The highest BCUT2D eigenvalue weighted by molar-refractivity contribution is 7.99. The number of aryl methyl sites for hydroxylation is 1. The standard InChI is InChI=1S/C23H25F4N5S/c1-5-33-18-11-15(21(2,3)14-28)12-30-19(18)20-31-13-17-16(29-9-10-32(17)20)7-6-8-23(26,27)22(4,24)25/h9-13H,5-8H2,1-4H3. The van der Waals surface area contributed by atoms with Gasteiger partial charge in [-0.05, 0) is 44.1 Å². The first-order chi connectivity index (χ1) is 15.4. The maximum absolute atomic E-state index is 13.6. The summed E-state index contributed by atoms with van der Waals surface area (Å²) in [6, 6.07) is 4.22. The smallest absolute Gasteiger partial charge is 0.295 e. The second-order valence-electron chi connectivity index (χ2n) is 8.40. The summed E-state index contributed by atoms with van der Waals surface area (Å²) >= 11 is 1.58. The molecule has 0 aliphatic carbocycles. The molecule has 0 bridgehead atoms. The molecule has 3 rings (SSSR count). The van der Waals surface area contributed by atoms with Crippen LogP contribution in [0, 0.1) is 11.3 Å². The number of aromatic nitrogens is 4. The third-order valence-corrected chi connectivity index (χ3v) is 6.36. The zero-order valence-corrected chi connectivity index (χ0v) is 19.7. The number of fused-ring (bicyclic) bond motifs is 1. The number of pyridine rings is 1. The van der Waals surface area contributed by atoms with Gasteiger partial charge in [-0.2, -0.15) is 14.0 Å². The number of rotatable bonds is 9. The molecule has 0 N–H and O–H groups in total. The van der Waals surface area contributed by atoms with Crippen LogP contribution >= 0.6 is 11.8 Å². The molecule has 0 aromatic carbocycles. The summed E-state index contributed by atoms with van der Waals surface area (Å²) in [4.78, 5) is 14.2. The van der Waals surface area contributed by atoms with E-state index in [1.165, 1.54) is 6.20 Å². The molecule has 0 unspecified atom stereocenters. The van der Waals surface area contributed by atoms with Crippen LogP contribution in [0.2, 0.25) is 0 Å². The van der Waals surface area contributed by atoms with Crippen molar-refractivity contribution in [1.82, 2.24) is 19.4 Å². The molecule has 0 amide bonds. The van der Waals surface area contributed by atoms with Gasteiger partial charge in [0.05, 0.1) is 28.9 Å². The van der Waals surface area contributed by atoms with E-state index in [2.05, 4.69) is 21.0 Å². The van der Waals surface area contributed by atoms with Crippen LogP contribution in [-0.2, 0) is 11.8 Å². The first kappa shape index (κ1) is 25.0. The molecule has 176 valence electrons. The molecular formula is C23H25F4N5S. The number of nitrogens with zero attached hydrogens (tertiary/aromatic N) is 5. The Hall–Kier alpha value is -2.67. The molecule has 0 aliphatic heterocycles. The van der Waals surface area contributed by atoms with Crippen LogP contribution < -0.4 is 0 Å². The summed E-state index contributed by atoms with van der Waals surface area (Å²) < 4.78 is 55.2. The Bertz CT molecular complexity index is 1180. The van der Waals surface area contributed by atoms with E-state index >= 15 is 0 Å². The van der Waals surface area contributed by atoms with Crippen LogP contribution in [0.15, 0.2) is 35.7 Å². The fourth-order valence-corrected chi connectivity index (χ4v) is 4.13. The fourth-order valence-electron chi connectivity index (χ4n) is 3.33. The Morgan fingerprint density at radius 1 is 1.09 bits per heavy atom. The van der Waals surface area contributed by atoms with E-state index in [1.54, 1.807) is 34.8 Å². The van der Waals surface area contributed by atoms with Crippen molar-refractivity contribution in [3.05, 3.63) is 42.1 Å². The zero-order chi connectivity index (χ0) is 24.4. The first-order valence-electron chi connectivity index (χ1n) is 10.5. The van der Waals surface area contributed by atoms with Crippen molar-refractivity contribution >= 4 is 17.3 Å². The lowest BCUT2D eigenvalue weighted by Crippen LogP contribution is -2.37. The Kier molecular flexibility index (Phi) is 7.03. The molecule has 33 heavy (non-hydrogen) atoms. The van der Waals surface area contributed by atoms with Crippen molar-refractivity contribution in [1.29, 1.82) is 5.26 Å². The minimum atomic E-state index is -4.07. The van der Waals surface area contributed by atoms with Crippen molar-refractivity contribution in [2.75, 3.05) is 5.75 Å². The van der Waals surface area contributed by atoms with Gasteiger partial charge in [0.25, 0.3) is 0 Å². The fraction of sp³-hybridized carbons (Fsp3) is 0.478. The third kappa shape index (κ3) is 5.13. The summed E-state index contributed by atoms with van der Waals surface area (Å²) in [6.45, 7) is 5.89. The predicted molar refractivity (Wildman–Crippen MR) is 120 cm³/mol. The summed E-state index contributed by atoms with van der Waals surface area (Å²) in [5, 5.41) is 9.46. The van der Waals surface area contributed by atoms with Crippen LogP contribution in [0.3, 0.4) is 0 Å².